The van der Waals surface area contributed by atoms with Crippen LogP contribution in [0.5, 0.6) is 0 Å². The molecule has 0 aliphatic heterocycles. The number of sulfonamides is 1. The Morgan fingerprint density at radius 2 is 1.50 bits per heavy atom. The quantitative estimate of drug-likeness (QED) is 0.703. The first-order valence-corrected chi connectivity index (χ1v) is 10.3. The summed E-state index contributed by atoms with van der Waals surface area (Å²) >= 11 is 0. The van der Waals surface area contributed by atoms with Crippen LogP contribution in [0.4, 0.5) is 0 Å². The normalized spacial score (nSPS) is 14.5. The number of aliphatic hydroxyl groups is 1. The van der Waals surface area contributed by atoms with Gasteiger partial charge in [0.2, 0.25) is 10.0 Å². The molecule has 0 aliphatic carbocycles. The van der Waals surface area contributed by atoms with E-state index >= 15 is 0 Å². The van der Waals surface area contributed by atoms with Gasteiger partial charge in [0.05, 0.1) is 11.0 Å². The van der Waals surface area contributed by atoms with Crippen LogP contribution in [-0.2, 0) is 16.4 Å². The SMILES string of the molecule is CC(C)CN(C[C@@H](O)C(N)Cc1ccccc1)S(=O)(=O)c1ccccc1. The molecule has 2 atom stereocenters. The van der Waals surface area contributed by atoms with Gasteiger partial charge in [-0.15, -0.1) is 0 Å². The van der Waals surface area contributed by atoms with E-state index < -0.39 is 22.2 Å². The number of benzene rings is 2. The zero-order chi connectivity index (χ0) is 19.2. The highest BCUT2D eigenvalue weighted by Crippen LogP contribution is 2.18. The van der Waals surface area contributed by atoms with Crippen LogP contribution in [-0.4, -0.2) is 43.1 Å². The van der Waals surface area contributed by atoms with Crippen molar-refractivity contribution in [3.05, 3.63) is 66.2 Å². The van der Waals surface area contributed by atoms with E-state index in [9.17, 15) is 13.5 Å². The van der Waals surface area contributed by atoms with Gasteiger partial charge >= 0.3 is 0 Å². The molecule has 26 heavy (non-hydrogen) atoms. The van der Waals surface area contributed by atoms with Crippen molar-refractivity contribution in [1.82, 2.24) is 4.31 Å². The van der Waals surface area contributed by atoms with Gasteiger partial charge in [0, 0.05) is 19.1 Å². The fourth-order valence-electron chi connectivity index (χ4n) is 2.79. The maximum Gasteiger partial charge on any atom is 0.243 e. The summed E-state index contributed by atoms with van der Waals surface area (Å²) in [7, 11) is -3.68. The molecule has 3 N–H and O–H groups in total. The minimum Gasteiger partial charge on any atom is -0.390 e. The molecule has 0 saturated heterocycles. The zero-order valence-corrected chi connectivity index (χ0v) is 16.1. The monoisotopic (exact) mass is 376 g/mol. The molecule has 0 amide bonds. The third-order valence-corrected chi connectivity index (χ3v) is 5.99. The van der Waals surface area contributed by atoms with Crippen LogP contribution in [0.1, 0.15) is 19.4 Å². The maximum absolute atomic E-state index is 13.0. The van der Waals surface area contributed by atoms with Gasteiger partial charge in [0.15, 0.2) is 0 Å². The van der Waals surface area contributed by atoms with E-state index in [2.05, 4.69) is 0 Å². The number of rotatable bonds is 9. The van der Waals surface area contributed by atoms with E-state index in [0.29, 0.717) is 13.0 Å². The van der Waals surface area contributed by atoms with E-state index in [4.69, 9.17) is 5.73 Å². The topological polar surface area (TPSA) is 83.6 Å². The summed E-state index contributed by atoms with van der Waals surface area (Å²) in [5.41, 5.74) is 7.15. The molecule has 0 saturated carbocycles. The van der Waals surface area contributed by atoms with Gasteiger partial charge in [-0.05, 0) is 30.0 Å². The molecule has 0 radical (unpaired) electrons. The van der Waals surface area contributed by atoms with Crippen molar-refractivity contribution in [2.75, 3.05) is 13.1 Å². The second-order valence-electron chi connectivity index (χ2n) is 6.95. The Hall–Kier alpha value is -1.73. The fourth-order valence-corrected chi connectivity index (χ4v) is 4.43. The Bertz CT molecular complexity index is 764. The second-order valence-corrected chi connectivity index (χ2v) is 8.89. The molecular weight excluding hydrogens is 348 g/mol. The molecule has 5 nitrogen and oxygen atoms in total. The Morgan fingerprint density at radius 3 is 2.04 bits per heavy atom. The number of nitrogens with zero attached hydrogens (tertiary/aromatic N) is 1. The van der Waals surface area contributed by atoms with Crippen LogP contribution in [0.3, 0.4) is 0 Å². The van der Waals surface area contributed by atoms with E-state index in [1.165, 1.54) is 4.31 Å². The first kappa shape index (κ1) is 20.6. The largest absolute Gasteiger partial charge is 0.390 e. The van der Waals surface area contributed by atoms with Gasteiger partial charge in [0.25, 0.3) is 0 Å². The van der Waals surface area contributed by atoms with E-state index in [1.54, 1.807) is 30.3 Å². The van der Waals surface area contributed by atoms with E-state index in [1.807, 2.05) is 44.2 Å². The summed E-state index contributed by atoms with van der Waals surface area (Å²) in [6.45, 7) is 4.20. The van der Waals surface area contributed by atoms with Gasteiger partial charge in [-0.2, -0.15) is 4.31 Å². The van der Waals surface area contributed by atoms with Crippen molar-refractivity contribution >= 4 is 10.0 Å². The Balaban J connectivity index is 2.14. The Kier molecular flexibility index (Phi) is 7.34. The highest BCUT2D eigenvalue weighted by atomic mass is 32.2. The number of nitrogens with two attached hydrogens (primary N) is 1. The molecule has 0 fully saturated rings. The summed E-state index contributed by atoms with van der Waals surface area (Å²) in [6, 6.07) is 17.4. The summed E-state index contributed by atoms with van der Waals surface area (Å²) in [6.07, 6.45) is -0.462. The maximum atomic E-state index is 13.0. The van der Waals surface area contributed by atoms with Gasteiger partial charge in [-0.25, -0.2) is 8.42 Å². The number of hydrogen-bond acceptors (Lipinski definition) is 4. The molecule has 1 unspecified atom stereocenters. The third kappa shape index (κ3) is 5.64. The first-order chi connectivity index (χ1) is 12.3. The molecule has 6 heteroatoms. The highest BCUT2D eigenvalue weighted by molar-refractivity contribution is 7.89. The van der Waals surface area contributed by atoms with Crippen molar-refractivity contribution in [2.24, 2.45) is 11.7 Å². The Labute approximate surface area is 156 Å². The van der Waals surface area contributed by atoms with Gasteiger partial charge in [0.1, 0.15) is 0 Å². The smallest absolute Gasteiger partial charge is 0.243 e. The molecule has 0 aliphatic rings. The average molecular weight is 377 g/mol. The third-order valence-electron chi connectivity index (χ3n) is 4.15. The minimum atomic E-state index is -3.68. The molecule has 142 valence electrons. The minimum absolute atomic E-state index is 0.0244. The summed E-state index contributed by atoms with van der Waals surface area (Å²) in [5, 5.41) is 10.5. The highest BCUT2D eigenvalue weighted by Gasteiger charge is 2.29. The van der Waals surface area contributed by atoms with Crippen molar-refractivity contribution in [1.29, 1.82) is 0 Å². The molecule has 2 aromatic carbocycles. The molecule has 2 aromatic rings. The lowest BCUT2D eigenvalue weighted by Gasteiger charge is -2.28. The lowest BCUT2D eigenvalue weighted by Crippen LogP contribution is -2.47. The predicted molar refractivity (Wildman–Crippen MR) is 104 cm³/mol. The Morgan fingerprint density at radius 1 is 0.962 bits per heavy atom. The van der Waals surface area contributed by atoms with Gasteiger partial charge in [-0.1, -0.05) is 62.4 Å². The average Bonchev–Trinajstić information content (AvgIpc) is 2.62. The molecule has 0 spiro atoms. The zero-order valence-electron chi connectivity index (χ0n) is 15.3. The summed E-state index contributed by atoms with van der Waals surface area (Å²) in [5.74, 6) is 0.131. The van der Waals surface area contributed by atoms with Crippen LogP contribution in [0.25, 0.3) is 0 Å². The van der Waals surface area contributed by atoms with Crippen LogP contribution >= 0.6 is 0 Å². The lowest BCUT2D eigenvalue weighted by molar-refractivity contribution is 0.116. The van der Waals surface area contributed by atoms with Gasteiger partial charge < -0.3 is 10.8 Å². The van der Waals surface area contributed by atoms with E-state index in [0.717, 1.165) is 5.56 Å². The fraction of sp³-hybridized carbons (Fsp3) is 0.400. The molecule has 2 rings (SSSR count). The van der Waals surface area contributed by atoms with Crippen molar-refractivity contribution in [3.8, 4) is 0 Å². The summed E-state index contributed by atoms with van der Waals surface area (Å²) in [4.78, 5) is 0.226. The van der Waals surface area contributed by atoms with Crippen LogP contribution in [0, 0.1) is 5.92 Å². The number of aliphatic hydroxyl groups excluding tert-OH is 1. The summed E-state index contributed by atoms with van der Waals surface area (Å²) < 4.78 is 27.3. The second kappa shape index (κ2) is 9.28. The van der Waals surface area contributed by atoms with Crippen LogP contribution in [0.15, 0.2) is 65.6 Å². The molecule has 0 aromatic heterocycles. The molecule has 0 heterocycles. The first-order valence-electron chi connectivity index (χ1n) is 8.83. The van der Waals surface area contributed by atoms with Crippen LogP contribution in [0.2, 0.25) is 0 Å². The predicted octanol–water partition coefficient (Wildman–Crippen LogP) is 2.26. The van der Waals surface area contributed by atoms with Gasteiger partial charge in [-0.3, -0.25) is 0 Å². The molecule has 0 bridgehead atoms. The number of hydrogen-bond donors (Lipinski definition) is 2. The van der Waals surface area contributed by atoms with Crippen LogP contribution < -0.4 is 5.73 Å². The van der Waals surface area contributed by atoms with E-state index in [-0.39, 0.29) is 17.4 Å². The standard InChI is InChI=1S/C20H28N2O3S/c1-16(2)14-22(26(24,25)18-11-7-4-8-12-18)15-20(23)19(21)13-17-9-5-3-6-10-17/h3-12,16,19-20,23H,13-15,21H2,1-2H3/t19?,20-/m1/s1. The molecular formula is C20H28N2O3S. The lowest BCUT2D eigenvalue weighted by atomic mass is 10.0. The van der Waals surface area contributed by atoms with Crippen molar-refractivity contribution < 1.29 is 13.5 Å². The van der Waals surface area contributed by atoms with Crippen molar-refractivity contribution in [3.63, 3.8) is 0 Å². The van der Waals surface area contributed by atoms with Crippen molar-refractivity contribution in [2.45, 2.75) is 37.3 Å².